The van der Waals surface area contributed by atoms with E-state index in [-0.39, 0.29) is 5.91 Å². The van der Waals surface area contributed by atoms with Crippen LogP contribution in [0.5, 0.6) is 11.5 Å². The zero-order valence-electron chi connectivity index (χ0n) is 17.4. The molecule has 0 aromatic heterocycles. The Kier molecular flexibility index (Phi) is 7.27. The average Bonchev–Trinajstić information content (AvgIpc) is 2.74. The molecular formula is C23H29N3O3. The molecule has 1 N–H and O–H groups in total. The molecule has 0 unspecified atom stereocenters. The Bertz CT molecular complexity index is 858. The minimum absolute atomic E-state index is 0.181. The number of carbonyl (C=O) groups excluding carboxylic acids is 1. The molecule has 0 saturated carbocycles. The summed E-state index contributed by atoms with van der Waals surface area (Å²) in [7, 11) is 5.36. The molecule has 154 valence electrons. The van der Waals surface area contributed by atoms with Gasteiger partial charge in [-0.15, -0.1) is 0 Å². The first-order valence-corrected chi connectivity index (χ1v) is 9.78. The first-order chi connectivity index (χ1) is 14.1. The number of piperazine rings is 1. The lowest BCUT2D eigenvalue weighted by molar-refractivity contribution is -0.111. The Hall–Kier alpha value is -2.83. The van der Waals surface area contributed by atoms with Gasteiger partial charge in [0, 0.05) is 56.1 Å². The Labute approximate surface area is 172 Å². The lowest BCUT2D eigenvalue weighted by Crippen LogP contribution is -2.43. The quantitative estimate of drug-likeness (QED) is 0.730. The molecule has 6 nitrogen and oxygen atoms in total. The van der Waals surface area contributed by atoms with Crippen molar-refractivity contribution in [3.8, 4) is 11.5 Å². The molecular weight excluding hydrogens is 366 g/mol. The fourth-order valence-corrected chi connectivity index (χ4v) is 3.32. The van der Waals surface area contributed by atoms with Crippen LogP contribution in [0.1, 0.15) is 11.1 Å². The molecule has 2 aromatic carbocycles. The third-order valence-corrected chi connectivity index (χ3v) is 5.05. The molecule has 0 radical (unpaired) electrons. The van der Waals surface area contributed by atoms with Gasteiger partial charge in [-0.2, -0.15) is 0 Å². The van der Waals surface area contributed by atoms with Crippen molar-refractivity contribution in [2.45, 2.75) is 6.54 Å². The van der Waals surface area contributed by atoms with Crippen molar-refractivity contribution < 1.29 is 14.3 Å². The summed E-state index contributed by atoms with van der Waals surface area (Å²) in [6, 6.07) is 13.5. The van der Waals surface area contributed by atoms with E-state index in [9.17, 15) is 4.79 Å². The molecule has 0 atom stereocenters. The number of methoxy groups -OCH3 is 2. The number of hydrogen-bond acceptors (Lipinski definition) is 5. The van der Waals surface area contributed by atoms with Crippen LogP contribution >= 0.6 is 0 Å². The van der Waals surface area contributed by atoms with Crippen molar-refractivity contribution in [3.05, 3.63) is 59.7 Å². The molecule has 0 spiro atoms. The van der Waals surface area contributed by atoms with Crippen LogP contribution in [-0.2, 0) is 11.3 Å². The maximum absolute atomic E-state index is 12.4. The molecule has 2 aromatic rings. The molecule has 1 aliphatic rings. The average molecular weight is 396 g/mol. The predicted molar refractivity (Wildman–Crippen MR) is 116 cm³/mol. The molecule has 1 fully saturated rings. The van der Waals surface area contributed by atoms with Crippen LogP contribution in [0, 0.1) is 0 Å². The number of nitrogens with one attached hydrogen (secondary N) is 1. The van der Waals surface area contributed by atoms with Crippen molar-refractivity contribution in [1.82, 2.24) is 9.80 Å². The number of rotatable bonds is 7. The first-order valence-electron chi connectivity index (χ1n) is 9.78. The first kappa shape index (κ1) is 20.9. The van der Waals surface area contributed by atoms with Crippen LogP contribution in [-0.4, -0.2) is 63.2 Å². The van der Waals surface area contributed by atoms with Crippen molar-refractivity contribution in [2.75, 3.05) is 52.8 Å². The second-order valence-electron chi connectivity index (χ2n) is 7.21. The fraction of sp³-hybridized carbons (Fsp3) is 0.348. The summed E-state index contributed by atoms with van der Waals surface area (Å²) in [5.74, 6) is 1.18. The number of amides is 1. The van der Waals surface area contributed by atoms with Gasteiger partial charge in [0.25, 0.3) is 0 Å². The van der Waals surface area contributed by atoms with Gasteiger partial charge in [0.05, 0.1) is 14.2 Å². The highest BCUT2D eigenvalue weighted by Crippen LogP contribution is 2.25. The van der Waals surface area contributed by atoms with Gasteiger partial charge in [-0.05, 0) is 43.0 Å². The molecule has 0 aliphatic carbocycles. The number of anilines is 1. The van der Waals surface area contributed by atoms with Crippen LogP contribution in [0.15, 0.2) is 48.5 Å². The SMILES string of the molecule is COc1ccc(/C=C/C(=O)Nc2cccc(CN3CCN(C)CC3)c2)c(OC)c1. The van der Waals surface area contributed by atoms with Crippen molar-refractivity contribution in [2.24, 2.45) is 0 Å². The van der Waals surface area contributed by atoms with Gasteiger partial charge in [0.1, 0.15) is 11.5 Å². The van der Waals surface area contributed by atoms with E-state index in [4.69, 9.17) is 9.47 Å². The summed E-state index contributed by atoms with van der Waals surface area (Å²) >= 11 is 0. The molecule has 3 rings (SSSR count). The monoisotopic (exact) mass is 395 g/mol. The standard InChI is InChI=1S/C23H29N3O3/c1-25-11-13-26(14-12-25)17-18-5-4-6-20(15-18)24-23(27)10-8-19-7-9-21(28-2)16-22(19)29-3/h4-10,15-16H,11-14,17H2,1-3H3,(H,24,27)/b10-8+. The molecule has 6 heteroatoms. The Morgan fingerprint density at radius 1 is 1.07 bits per heavy atom. The predicted octanol–water partition coefficient (Wildman–Crippen LogP) is 3.10. The van der Waals surface area contributed by atoms with Crippen molar-refractivity contribution in [1.29, 1.82) is 0 Å². The van der Waals surface area contributed by atoms with Crippen LogP contribution in [0.3, 0.4) is 0 Å². The number of benzene rings is 2. The molecule has 1 heterocycles. The van der Waals surface area contributed by atoms with E-state index < -0.39 is 0 Å². The minimum atomic E-state index is -0.181. The molecule has 0 bridgehead atoms. The number of hydrogen-bond donors (Lipinski definition) is 1. The van der Waals surface area contributed by atoms with Gasteiger partial charge in [0.2, 0.25) is 5.91 Å². The highest BCUT2D eigenvalue weighted by atomic mass is 16.5. The maximum Gasteiger partial charge on any atom is 0.248 e. The molecule has 29 heavy (non-hydrogen) atoms. The lowest BCUT2D eigenvalue weighted by Gasteiger charge is -2.32. The molecule has 1 saturated heterocycles. The Balaban J connectivity index is 1.60. The van der Waals surface area contributed by atoms with Crippen LogP contribution in [0.4, 0.5) is 5.69 Å². The van der Waals surface area contributed by atoms with Gasteiger partial charge in [0.15, 0.2) is 0 Å². The molecule has 1 aliphatic heterocycles. The summed E-state index contributed by atoms with van der Waals surface area (Å²) in [6.07, 6.45) is 3.25. The van der Waals surface area contributed by atoms with E-state index >= 15 is 0 Å². The van der Waals surface area contributed by atoms with Gasteiger partial charge in [-0.1, -0.05) is 12.1 Å². The Morgan fingerprint density at radius 3 is 2.59 bits per heavy atom. The second-order valence-corrected chi connectivity index (χ2v) is 7.21. The largest absolute Gasteiger partial charge is 0.497 e. The van der Waals surface area contributed by atoms with E-state index in [0.29, 0.717) is 11.5 Å². The summed E-state index contributed by atoms with van der Waals surface area (Å²) in [6.45, 7) is 5.22. The lowest BCUT2D eigenvalue weighted by atomic mass is 10.1. The number of carbonyl (C=O) groups is 1. The van der Waals surface area contributed by atoms with E-state index in [1.54, 1.807) is 26.4 Å². The van der Waals surface area contributed by atoms with Gasteiger partial charge < -0.3 is 19.7 Å². The molecule has 1 amide bonds. The maximum atomic E-state index is 12.4. The van der Waals surface area contributed by atoms with Crippen LogP contribution < -0.4 is 14.8 Å². The van der Waals surface area contributed by atoms with E-state index in [1.165, 1.54) is 11.6 Å². The fourth-order valence-electron chi connectivity index (χ4n) is 3.32. The highest BCUT2D eigenvalue weighted by Gasteiger charge is 2.14. The van der Waals surface area contributed by atoms with Gasteiger partial charge >= 0.3 is 0 Å². The third-order valence-electron chi connectivity index (χ3n) is 5.05. The van der Waals surface area contributed by atoms with Crippen molar-refractivity contribution >= 4 is 17.7 Å². The normalized spacial score (nSPS) is 15.4. The number of nitrogens with zero attached hydrogens (tertiary/aromatic N) is 2. The zero-order valence-corrected chi connectivity index (χ0v) is 17.4. The second kappa shape index (κ2) is 10.1. The number of ether oxygens (including phenoxy) is 2. The Morgan fingerprint density at radius 2 is 1.86 bits per heavy atom. The van der Waals surface area contributed by atoms with Gasteiger partial charge in [-0.3, -0.25) is 9.69 Å². The summed E-state index contributed by atoms with van der Waals surface area (Å²) < 4.78 is 10.6. The summed E-state index contributed by atoms with van der Waals surface area (Å²) in [4.78, 5) is 17.2. The summed E-state index contributed by atoms with van der Waals surface area (Å²) in [5, 5.41) is 2.94. The van der Waals surface area contributed by atoms with E-state index in [2.05, 4.69) is 28.2 Å². The van der Waals surface area contributed by atoms with Crippen LogP contribution in [0.2, 0.25) is 0 Å². The summed E-state index contributed by atoms with van der Waals surface area (Å²) in [5.41, 5.74) is 2.81. The van der Waals surface area contributed by atoms with E-state index in [1.807, 2.05) is 30.3 Å². The van der Waals surface area contributed by atoms with E-state index in [0.717, 1.165) is 44.0 Å². The zero-order chi connectivity index (χ0) is 20.6. The minimum Gasteiger partial charge on any atom is -0.497 e. The van der Waals surface area contributed by atoms with Crippen LogP contribution in [0.25, 0.3) is 6.08 Å². The van der Waals surface area contributed by atoms with Crippen molar-refractivity contribution in [3.63, 3.8) is 0 Å². The third kappa shape index (κ3) is 6.07. The number of likely N-dealkylation sites (N-methyl/N-ethyl adjacent to an activating group) is 1. The van der Waals surface area contributed by atoms with Gasteiger partial charge in [-0.25, -0.2) is 0 Å². The topological polar surface area (TPSA) is 54.0 Å². The smallest absolute Gasteiger partial charge is 0.248 e. The highest BCUT2D eigenvalue weighted by molar-refractivity contribution is 6.02.